The molecular weight excluding hydrogens is 544 g/mol. The van der Waals surface area contributed by atoms with E-state index in [0.29, 0.717) is 37.7 Å². The molecule has 1 atom stereocenters. The molecule has 0 amide bonds. The third-order valence-corrected chi connectivity index (χ3v) is 7.33. The van der Waals surface area contributed by atoms with E-state index < -0.39 is 24.6 Å². The summed E-state index contributed by atoms with van der Waals surface area (Å²) in [6, 6.07) is 22.5. The molecule has 0 saturated carbocycles. The molecule has 0 fully saturated rings. The first-order valence-electron chi connectivity index (χ1n) is 12.8. The zero-order valence-electron chi connectivity index (χ0n) is 22.3. The van der Waals surface area contributed by atoms with Crippen LogP contribution in [-0.2, 0) is 14.3 Å². The van der Waals surface area contributed by atoms with E-state index in [1.807, 2.05) is 42.5 Å². The maximum Gasteiger partial charge on any atom is 0.341 e. The molecule has 10 heteroatoms. The van der Waals surface area contributed by atoms with Gasteiger partial charge in [-0.15, -0.1) is 0 Å². The van der Waals surface area contributed by atoms with Crippen molar-refractivity contribution in [2.24, 2.45) is 4.99 Å². The summed E-state index contributed by atoms with van der Waals surface area (Å²) in [6.07, 6.45) is 1.73. The van der Waals surface area contributed by atoms with E-state index in [2.05, 4.69) is 0 Å². The first-order valence-corrected chi connectivity index (χ1v) is 13.6. The number of aliphatic carboxylic acids is 1. The number of methoxy groups -OCH3 is 1. The molecule has 4 aromatic rings. The molecule has 41 heavy (non-hydrogen) atoms. The second kappa shape index (κ2) is 12.1. The summed E-state index contributed by atoms with van der Waals surface area (Å²) in [5, 5.41) is 8.82. The fourth-order valence-electron chi connectivity index (χ4n) is 4.50. The highest BCUT2D eigenvalue weighted by Crippen LogP contribution is 2.35. The Kier molecular flexibility index (Phi) is 8.11. The monoisotopic (exact) mass is 570 g/mol. The molecular formula is C31H26N2O7S. The predicted molar refractivity (Wildman–Crippen MR) is 154 cm³/mol. The molecule has 0 spiro atoms. The number of esters is 1. The summed E-state index contributed by atoms with van der Waals surface area (Å²) < 4.78 is 18.0. The van der Waals surface area contributed by atoms with Gasteiger partial charge in [-0.1, -0.05) is 65.9 Å². The second-order valence-electron chi connectivity index (χ2n) is 8.96. The van der Waals surface area contributed by atoms with Gasteiger partial charge in [0, 0.05) is 5.56 Å². The van der Waals surface area contributed by atoms with Crippen LogP contribution < -0.4 is 24.4 Å². The Morgan fingerprint density at radius 1 is 1.00 bits per heavy atom. The molecule has 9 nitrogen and oxygen atoms in total. The number of carboxylic acid groups (broad SMARTS) is 1. The van der Waals surface area contributed by atoms with Gasteiger partial charge in [0.1, 0.15) is 11.5 Å². The van der Waals surface area contributed by atoms with Crippen LogP contribution in [0.25, 0.3) is 11.8 Å². The summed E-state index contributed by atoms with van der Waals surface area (Å²) in [7, 11) is 1.57. The van der Waals surface area contributed by atoms with Gasteiger partial charge in [-0.3, -0.25) is 9.36 Å². The van der Waals surface area contributed by atoms with Gasteiger partial charge in [0.2, 0.25) is 0 Å². The number of hydrogen-bond acceptors (Lipinski definition) is 8. The van der Waals surface area contributed by atoms with Gasteiger partial charge in [-0.25, -0.2) is 14.6 Å². The van der Waals surface area contributed by atoms with Crippen LogP contribution in [0.4, 0.5) is 0 Å². The van der Waals surface area contributed by atoms with Crippen LogP contribution in [0, 0.1) is 0 Å². The zero-order chi connectivity index (χ0) is 28.9. The smallest absolute Gasteiger partial charge is 0.341 e. The lowest BCUT2D eigenvalue weighted by Gasteiger charge is -2.26. The molecule has 3 aromatic carbocycles. The molecule has 1 aromatic heterocycles. The fourth-order valence-corrected chi connectivity index (χ4v) is 5.50. The van der Waals surface area contributed by atoms with Crippen LogP contribution in [-0.4, -0.2) is 41.9 Å². The third kappa shape index (κ3) is 5.82. The van der Waals surface area contributed by atoms with Crippen molar-refractivity contribution in [3.8, 4) is 11.5 Å². The van der Waals surface area contributed by atoms with Crippen molar-refractivity contribution in [2.75, 3.05) is 20.3 Å². The van der Waals surface area contributed by atoms with Crippen molar-refractivity contribution >= 4 is 35.0 Å². The highest BCUT2D eigenvalue weighted by molar-refractivity contribution is 7.07. The largest absolute Gasteiger partial charge is 0.497 e. The van der Waals surface area contributed by atoms with Crippen LogP contribution in [0.15, 0.2) is 94.2 Å². The Morgan fingerprint density at radius 3 is 2.32 bits per heavy atom. The highest BCUT2D eigenvalue weighted by atomic mass is 32.1. The Balaban J connectivity index is 1.70. The molecule has 5 rings (SSSR count). The number of rotatable bonds is 9. The molecule has 1 aliphatic rings. The lowest BCUT2D eigenvalue weighted by atomic mass is 9.93. The first-order chi connectivity index (χ1) is 19.9. The van der Waals surface area contributed by atoms with Gasteiger partial charge in [0.05, 0.1) is 35.6 Å². The summed E-state index contributed by atoms with van der Waals surface area (Å²) in [5.41, 5.74) is 2.54. The van der Waals surface area contributed by atoms with E-state index in [0.717, 1.165) is 5.56 Å². The SMILES string of the molecule is CCOC(=O)C1=C(c2ccccc2)N=c2s/c(=C/c3ccc(OCC(=O)O)cc3)c(=O)n2C1c1ccc(OC)cc1. The Bertz CT molecular complexity index is 1790. The number of fused-ring (bicyclic) bond motifs is 1. The number of carbonyl (C=O) groups excluding carboxylic acids is 1. The van der Waals surface area contributed by atoms with Crippen molar-refractivity contribution in [3.63, 3.8) is 0 Å². The summed E-state index contributed by atoms with van der Waals surface area (Å²) in [6.45, 7) is 1.45. The number of benzene rings is 3. The normalized spacial score (nSPS) is 14.7. The number of carbonyl (C=O) groups is 2. The molecule has 0 aliphatic carbocycles. The number of ether oxygens (including phenoxy) is 3. The second-order valence-corrected chi connectivity index (χ2v) is 9.97. The van der Waals surface area contributed by atoms with E-state index in [1.54, 1.807) is 56.5 Å². The van der Waals surface area contributed by atoms with Gasteiger partial charge in [-0.05, 0) is 48.4 Å². The van der Waals surface area contributed by atoms with Crippen LogP contribution in [0.5, 0.6) is 11.5 Å². The zero-order valence-corrected chi connectivity index (χ0v) is 23.1. The molecule has 2 heterocycles. The summed E-state index contributed by atoms with van der Waals surface area (Å²) in [4.78, 5) is 43.5. The van der Waals surface area contributed by atoms with Crippen molar-refractivity contribution in [1.29, 1.82) is 0 Å². The summed E-state index contributed by atoms with van der Waals surface area (Å²) in [5.74, 6) is -0.584. The topological polar surface area (TPSA) is 116 Å². The van der Waals surface area contributed by atoms with E-state index in [4.69, 9.17) is 24.3 Å². The van der Waals surface area contributed by atoms with Gasteiger partial charge in [-0.2, -0.15) is 0 Å². The molecule has 0 bridgehead atoms. The van der Waals surface area contributed by atoms with Gasteiger partial charge < -0.3 is 19.3 Å². The van der Waals surface area contributed by atoms with Crippen molar-refractivity contribution < 1.29 is 28.9 Å². The molecule has 1 unspecified atom stereocenters. The van der Waals surface area contributed by atoms with E-state index in [-0.39, 0.29) is 17.7 Å². The maximum atomic E-state index is 13.9. The standard InChI is InChI=1S/C31H26N2O7S/c1-3-39-30(37)26-27(20-7-5-4-6-8-20)32-31-33(28(26)21-11-15-22(38-2)16-12-21)29(36)24(41-31)17-19-9-13-23(14-10-19)40-18-25(34)35/h4-17,28H,3,18H2,1-2H3,(H,34,35)/b24-17+. The molecule has 0 saturated heterocycles. The van der Waals surface area contributed by atoms with Crippen molar-refractivity contribution in [3.05, 3.63) is 121 Å². The van der Waals surface area contributed by atoms with Crippen molar-refractivity contribution in [2.45, 2.75) is 13.0 Å². The van der Waals surface area contributed by atoms with E-state index in [1.165, 1.54) is 15.9 Å². The number of thiazole rings is 1. The number of hydrogen-bond donors (Lipinski definition) is 1. The first kappa shape index (κ1) is 27.6. The minimum Gasteiger partial charge on any atom is -0.497 e. The van der Waals surface area contributed by atoms with Crippen molar-refractivity contribution in [1.82, 2.24) is 4.57 Å². The minimum absolute atomic E-state index is 0.163. The lowest BCUT2D eigenvalue weighted by Crippen LogP contribution is -2.40. The molecule has 1 N–H and O–H groups in total. The van der Waals surface area contributed by atoms with Crippen LogP contribution in [0.1, 0.15) is 29.7 Å². The third-order valence-electron chi connectivity index (χ3n) is 6.35. The van der Waals surface area contributed by atoms with Crippen LogP contribution in [0.3, 0.4) is 0 Å². The molecule has 0 radical (unpaired) electrons. The number of carboxylic acids is 1. The van der Waals surface area contributed by atoms with Crippen LogP contribution in [0.2, 0.25) is 0 Å². The Labute approximate surface area is 238 Å². The molecule has 208 valence electrons. The minimum atomic E-state index is -1.07. The Morgan fingerprint density at radius 2 is 1.68 bits per heavy atom. The lowest BCUT2D eigenvalue weighted by molar-refractivity contribution is -0.140. The average molecular weight is 571 g/mol. The van der Waals surface area contributed by atoms with Gasteiger partial charge in [0.15, 0.2) is 11.4 Å². The van der Waals surface area contributed by atoms with Gasteiger partial charge in [0.25, 0.3) is 5.56 Å². The quantitative estimate of drug-likeness (QED) is 0.307. The fraction of sp³-hybridized carbons (Fsp3) is 0.161. The maximum absolute atomic E-state index is 13.9. The number of aromatic nitrogens is 1. The van der Waals surface area contributed by atoms with E-state index in [9.17, 15) is 14.4 Å². The predicted octanol–water partition coefficient (Wildman–Crippen LogP) is 3.41. The van der Waals surface area contributed by atoms with Gasteiger partial charge >= 0.3 is 11.9 Å². The highest BCUT2D eigenvalue weighted by Gasteiger charge is 2.35. The average Bonchev–Trinajstić information content (AvgIpc) is 3.30. The van der Waals surface area contributed by atoms with Crippen LogP contribution >= 0.6 is 11.3 Å². The molecule has 1 aliphatic heterocycles. The Hall–Kier alpha value is -4.96. The number of nitrogens with zero attached hydrogens (tertiary/aromatic N) is 2. The van der Waals surface area contributed by atoms with E-state index >= 15 is 0 Å². The summed E-state index contributed by atoms with van der Waals surface area (Å²) >= 11 is 1.22.